The van der Waals surface area contributed by atoms with E-state index in [0.29, 0.717) is 22.6 Å². The van der Waals surface area contributed by atoms with Crippen molar-refractivity contribution in [3.05, 3.63) is 233 Å². The summed E-state index contributed by atoms with van der Waals surface area (Å²) in [4.78, 5) is 68.9. The molecule has 2 saturated heterocycles. The number of H-pyrrole nitrogens is 1. The summed E-state index contributed by atoms with van der Waals surface area (Å²) in [6, 6.07) is 44.1. The molecule has 0 radical (unpaired) electrons. The average molecular weight is 1060 g/mol. The van der Waals surface area contributed by atoms with Gasteiger partial charge < -0.3 is 42.6 Å². The summed E-state index contributed by atoms with van der Waals surface area (Å²) in [5.41, 5.74) is -0.936. The first kappa shape index (κ1) is 53.5. The Morgan fingerprint density at radius 3 is 2.08 bits per heavy atom. The smallest absolute Gasteiger partial charge is 0.338 e. The van der Waals surface area contributed by atoms with E-state index in [-0.39, 0.29) is 44.3 Å². The zero-order valence-electron chi connectivity index (χ0n) is 42.3. The third-order valence-corrected chi connectivity index (χ3v) is 14.4. The lowest BCUT2D eigenvalue weighted by Crippen LogP contribution is -2.42. The summed E-state index contributed by atoms with van der Waals surface area (Å²) in [5, 5.41) is 0. The molecular formula is C57H58N4O14S. The van der Waals surface area contributed by atoms with E-state index in [1.807, 2.05) is 103 Å². The third kappa shape index (κ3) is 11.4. The number of aromatic nitrogens is 4. The number of hydrogen-bond acceptors (Lipinski definition) is 15. The maximum absolute atomic E-state index is 14.1. The lowest BCUT2D eigenvalue weighted by molar-refractivity contribution is -0.103. The molecule has 396 valence electrons. The quantitative estimate of drug-likeness (QED) is 0.0434. The van der Waals surface area contributed by atoms with Crippen molar-refractivity contribution in [3.8, 4) is 11.5 Å². The first-order valence-corrected chi connectivity index (χ1v) is 25.6. The van der Waals surface area contributed by atoms with Crippen LogP contribution in [0, 0.1) is 6.92 Å². The molecule has 3 unspecified atom stereocenters. The van der Waals surface area contributed by atoms with Gasteiger partial charge in [0.25, 0.3) is 11.1 Å². The zero-order valence-corrected chi connectivity index (χ0v) is 43.1. The highest BCUT2D eigenvalue weighted by atomic mass is 32.2. The van der Waals surface area contributed by atoms with Crippen LogP contribution in [0.5, 0.6) is 11.5 Å². The van der Waals surface area contributed by atoms with Gasteiger partial charge in [0.05, 0.1) is 39.6 Å². The number of benzene rings is 5. The highest BCUT2D eigenvalue weighted by Gasteiger charge is 2.50. The molecule has 0 amide bonds. The van der Waals surface area contributed by atoms with Crippen molar-refractivity contribution in [2.24, 2.45) is 0 Å². The number of para-hydroxylation sites is 1. The number of methoxy groups -OCH3 is 3. The van der Waals surface area contributed by atoms with Crippen molar-refractivity contribution >= 4 is 17.7 Å². The van der Waals surface area contributed by atoms with Crippen molar-refractivity contribution in [2.75, 3.05) is 40.3 Å². The molecule has 5 aromatic carbocycles. The van der Waals surface area contributed by atoms with Crippen LogP contribution < -0.4 is 32.0 Å². The van der Waals surface area contributed by atoms with Gasteiger partial charge in [0.15, 0.2) is 17.7 Å². The van der Waals surface area contributed by atoms with Gasteiger partial charge in [0, 0.05) is 48.9 Å². The summed E-state index contributed by atoms with van der Waals surface area (Å²) < 4.78 is 60.8. The lowest BCUT2D eigenvalue weighted by atomic mass is 9.79. The minimum Gasteiger partial charge on any atom is -0.493 e. The Hall–Kier alpha value is -7.36. The van der Waals surface area contributed by atoms with Crippen molar-refractivity contribution in [1.82, 2.24) is 18.7 Å². The van der Waals surface area contributed by atoms with Crippen molar-refractivity contribution in [3.63, 3.8) is 0 Å². The van der Waals surface area contributed by atoms with Gasteiger partial charge in [0.1, 0.15) is 48.4 Å². The predicted octanol–water partition coefficient (Wildman–Crippen LogP) is 6.57. The number of thioether (sulfide) groups is 1. The minimum absolute atomic E-state index is 0.0566. The summed E-state index contributed by atoms with van der Waals surface area (Å²) in [5.74, 6) is 0.615. The van der Waals surface area contributed by atoms with E-state index in [0.717, 1.165) is 21.3 Å². The second kappa shape index (κ2) is 24.5. The van der Waals surface area contributed by atoms with Crippen LogP contribution >= 0.6 is 11.8 Å². The molecular weight excluding hydrogens is 997 g/mol. The number of hydrogen-bond donors (Lipinski definition) is 1. The topological polar surface area (TPSA) is 199 Å². The molecule has 4 heterocycles. The fourth-order valence-corrected chi connectivity index (χ4v) is 10.7. The molecule has 0 bridgehead atoms. The molecule has 76 heavy (non-hydrogen) atoms. The molecule has 2 aliphatic rings. The van der Waals surface area contributed by atoms with Crippen LogP contribution in [0.3, 0.4) is 0 Å². The fraction of sp³-hybridized carbons (Fsp3) is 0.316. The molecule has 7 aromatic rings. The number of nitrogens with zero attached hydrogens (tertiary/aromatic N) is 3. The molecule has 19 heteroatoms. The van der Waals surface area contributed by atoms with Crippen LogP contribution in [0.1, 0.15) is 57.1 Å². The predicted molar refractivity (Wildman–Crippen MR) is 282 cm³/mol. The Labute approximate surface area is 441 Å². The Kier molecular flexibility index (Phi) is 17.3. The van der Waals surface area contributed by atoms with E-state index in [2.05, 4.69) is 4.98 Å². The molecule has 2 fully saturated rings. The minimum atomic E-state index is -1.34. The van der Waals surface area contributed by atoms with Gasteiger partial charge in [-0.25, -0.2) is 19.0 Å². The second-order valence-corrected chi connectivity index (χ2v) is 19.2. The maximum Gasteiger partial charge on any atom is 0.338 e. The average Bonchev–Trinajstić information content (AvgIpc) is 4.03. The van der Waals surface area contributed by atoms with Crippen LogP contribution in [0.2, 0.25) is 0 Å². The van der Waals surface area contributed by atoms with Crippen molar-refractivity contribution in [2.45, 2.75) is 74.6 Å². The molecule has 2 aromatic heterocycles. The van der Waals surface area contributed by atoms with E-state index in [1.165, 1.54) is 46.5 Å². The number of carbonyl (C=O) groups is 1. The van der Waals surface area contributed by atoms with Crippen molar-refractivity contribution < 1.29 is 47.4 Å². The number of carbonyl (C=O) groups excluding carboxylic acids is 1. The standard InChI is InChI=1S/C57H58N4O14S/c1-37-33-60(56(66)61(51(37)63)36-70-34-38-18-9-5-10-19-38)47-32-44(74-53(64)39-20-11-6-12-21-39)54(75-47)76-31-30-71-49-45(73-52(50(49)69-4)59-29-28-46(62)58-55(59)65)35-72-57(40-22-13-7-14-23-40,41-24-15-8-16-25-41)42-26-17-27-43(67-2)48(42)68-3/h5-29,33,44-45,47,49-50,52,54H,30-32,34-36H2,1-4H3,(H,58,62,65)/t44?,45-,47?,49-,50-,52-,54?/m1/s1. The number of nitrogens with one attached hydrogen (secondary N) is 1. The summed E-state index contributed by atoms with van der Waals surface area (Å²) in [6.07, 6.45) is -2.69. The van der Waals surface area contributed by atoms with Crippen LogP contribution in [0.15, 0.2) is 177 Å². The number of esters is 1. The van der Waals surface area contributed by atoms with Gasteiger partial charge >= 0.3 is 17.3 Å². The normalized spacial score (nSPS) is 20.3. The Bertz CT molecular complexity index is 3260. The van der Waals surface area contributed by atoms with Gasteiger partial charge in [-0.05, 0) is 41.8 Å². The number of rotatable bonds is 22. The first-order chi connectivity index (χ1) is 37.0. The number of aromatic amines is 1. The number of aryl methyl sites for hydroxylation is 1. The van der Waals surface area contributed by atoms with Crippen LogP contribution in [-0.2, 0) is 52.1 Å². The molecule has 0 spiro atoms. The van der Waals surface area contributed by atoms with E-state index in [1.54, 1.807) is 57.5 Å². The Morgan fingerprint density at radius 1 is 0.763 bits per heavy atom. The molecule has 0 saturated carbocycles. The fourth-order valence-electron chi connectivity index (χ4n) is 9.66. The zero-order chi connectivity index (χ0) is 53.2. The largest absolute Gasteiger partial charge is 0.493 e. The van der Waals surface area contributed by atoms with Gasteiger partial charge in [-0.15, -0.1) is 11.8 Å². The van der Waals surface area contributed by atoms with Crippen molar-refractivity contribution in [1.29, 1.82) is 0 Å². The summed E-state index contributed by atoms with van der Waals surface area (Å²) in [7, 11) is 4.61. The molecule has 7 atom stereocenters. The highest BCUT2D eigenvalue weighted by Crippen LogP contribution is 2.48. The van der Waals surface area contributed by atoms with Gasteiger partial charge in [-0.2, -0.15) is 0 Å². The van der Waals surface area contributed by atoms with Crippen LogP contribution in [-0.4, -0.2) is 94.8 Å². The second-order valence-electron chi connectivity index (χ2n) is 18.0. The molecule has 1 N–H and O–H groups in total. The molecule has 2 aliphatic heterocycles. The monoisotopic (exact) mass is 1050 g/mol. The van der Waals surface area contributed by atoms with Gasteiger partial charge in [-0.3, -0.25) is 23.7 Å². The van der Waals surface area contributed by atoms with E-state index in [4.69, 9.17) is 42.6 Å². The molecule has 9 rings (SSSR count). The molecule has 0 aliphatic carbocycles. The Balaban J connectivity index is 0.996. The van der Waals surface area contributed by atoms with Crippen LogP contribution in [0.25, 0.3) is 0 Å². The van der Waals surface area contributed by atoms with E-state index >= 15 is 0 Å². The summed E-state index contributed by atoms with van der Waals surface area (Å²) >= 11 is 1.30. The van der Waals surface area contributed by atoms with E-state index in [9.17, 15) is 24.0 Å². The number of ether oxygens (including phenoxy) is 9. The lowest BCUT2D eigenvalue weighted by Gasteiger charge is -2.38. The Morgan fingerprint density at radius 2 is 1.43 bits per heavy atom. The van der Waals surface area contributed by atoms with Gasteiger partial charge in [-0.1, -0.05) is 121 Å². The summed E-state index contributed by atoms with van der Waals surface area (Å²) in [6.45, 7) is 1.41. The van der Waals surface area contributed by atoms with E-state index < -0.39 is 76.4 Å². The molecule has 18 nitrogen and oxygen atoms in total. The van der Waals surface area contributed by atoms with Gasteiger partial charge in [0.2, 0.25) is 0 Å². The maximum atomic E-state index is 14.1. The SMILES string of the molecule is COc1cccc(C(OC[C@H]2O[C@@H](n3ccc(=O)[nH]c3=O)[C@H](OC)[C@@H]2OCCSC2OC(n3cc(C)c(=O)n(COCc4ccccc4)c3=O)CC2OC(=O)c2ccccc2)(c2ccccc2)c2ccccc2)c1OC. The third-order valence-electron chi connectivity index (χ3n) is 13.3. The first-order valence-electron chi connectivity index (χ1n) is 24.6. The highest BCUT2D eigenvalue weighted by molar-refractivity contribution is 7.99. The van der Waals surface area contributed by atoms with Crippen LogP contribution in [0.4, 0.5) is 0 Å².